The van der Waals surface area contributed by atoms with Crippen molar-refractivity contribution >= 4 is 41.8 Å². The van der Waals surface area contributed by atoms with Gasteiger partial charge in [-0.3, -0.25) is 4.79 Å². The minimum absolute atomic E-state index is 0. The molecule has 0 saturated heterocycles. The number of imidazole rings is 1. The molecule has 1 amide bonds. The van der Waals surface area contributed by atoms with Crippen LogP contribution in [0.3, 0.4) is 0 Å². The average molecular weight is 399 g/mol. The summed E-state index contributed by atoms with van der Waals surface area (Å²) in [6, 6.07) is 8.26. The van der Waals surface area contributed by atoms with Crippen LogP contribution in [0.15, 0.2) is 24.3 Å². The quantitative estimate of drug-likeness (QED) is 0.759. The van der Waals surface area contributed by atoms with Crippen LogP contribution in [-0.2, 0) is 11.3 Å². The second kappa shape index (κ2) is 8.59. The molecule has 26 heavy (non-hydrogen) atoms. The molecule has 0 aliphatic heterocycles. The third kappa shape index (κ3) is 3.71. The van der Waals surface area contributed by atoms with Gasteiger partial charge >= 0.3 is 0 Å². The van der Waals surface area contributed by atoms with E-state index in [0.29, 0.717) is 18.4 Å². The number of para-hydroxylation sites is 2. The fourth-order valence-electron chi connectivity index (χ4n) is 4.77. The lowest BCUT2D eigenvalue weighted by atomic mass is 9.84. The number of halogens is 2. The summed E-state index contributed by atoms with van der Waals surface area (Å²) < 4.78 is 2.23. The Kier molecular flexibility index (Phi) is 6.94. The topological polar surface area (TPSA) is 72.9 Å². The number of amides is 1. The van der Waals surface area contributed by atoms with Crippen LogP contribution in [0.5, 0.6) is 0 Å². The van der Waals surface area contributed by atoms with Crippen molar-refractivity contribution in [2.24, 2.45) is 23.5 Å². The summed E-state index contributed by atoms with van der Waals surface area (Å²) in [5, 5.41) is 3.12. The molecule has 2 bridgehead atoms. The Bertz CT molecular complexity index is 761. The number of rotatable bonds is 5. The van der Waals surface area contributed by atoms with E-state index in [9.17, 15) is 4.79 Å². The van der Waals surface area contributed by atoms with Crippen molar-refractivity contribution in [1.29, 1.82) is 0 Å². The fourth-order valence-corrected chi connectivity index (χ4v) is 4.77. The Morgan fingerprint density at radius 1 is 1.27 bits per heavy atom. The number of carbonyl (C=O) groups is 1. The SMILES string of the molecule is Cc1nc2ccccc2n1CCCNC(=O)C1C2CCC(C2)C1N.Cl.Cl. The second-order valence-corrected chi connectivity index (χ2v) is 7.38. The van der Waals surface area contributed by atoms with Gasteiger partial charge in [-0.1, -0.05) is 12.1 Å². The summed E-state index contributed by atoms with van der Waals surface area (Å²) in [5.41, 5.74) is 8.45. The highest BCUT2D eigenvalue weighted by Crippen LogP contribution is 2.47. The summed E-state index contributed by atoms with van der Waals surface area (Å²) in [7, 11) is 0. The third-order valence-electron chi connectivity index (χ3n) is 5.99. The molecule has 4 atom stereocenters. The molecule has 1 heterocycles. The normalized spacial score (nSPS) is 26.4. The molecule has 2 saturated carbocycles. The summed E-state index contributed by atoms with van der Waals surface area (Å²) in [5.74, 6) is 2.33. The zero-order valence-electron chi connectivity index (χ0n) is 15.1. The Labute approximate surface area is 166 Å². The monoisotopic (exact) mass is 398 g/mol. The van der Waals surface area contributed by atoms with Crippen LogP contribution in [0.1, 0.15) is 31.5 Å². The molecule has 2 aromatic rings. The standard InChI is InChI=1S/C19H26N4O.2ClH/c1-12-22-15-5-2-3-6-16(15)23(12)10-4-9-21-19(24)17-13-7-8-14(11-13)18(17)20;;/h2-3,5-6,13-14,17-18H,4,7-11,20H2,1H3,(H,21,24);2*1H. The van der Waals surface area contributed by atoms with Gasteiger partial charge in [-0.25, -0.2) is 4.98 Å². The van der Waals surface area contributed by atoms with Crippen molar-refractivity contribution in [2.75, 3.05) is 6.54 Å². The molecule has 5 nitrogen and oxygen atoms in total. The zero-order valence-corrected chi connectivity index (χ0v) is 16.7. The van der Waals surface area contributed by atoms with E-state index in [1.807, 2.05) is 25.1 Å². The minimum Gasteiger partial charge on any atom is -0.356 e. The van der Waals surface area contributed by atoms with Crippen LogP contribution < -0.4 is 11.1 Å². The zero-order chi connectivity index (χ0) is 16.7. The molecule has 2 aliphatic carbocycles. The van der Waals surface area contributed by atoms with Crippen LogP contribution in [0.4, 0.5) is 0 Å². The lowest BCUT2D eigenvalue weighted by Crippen LogP contribution is -2.45. The Morgan fingerprint density at radius 3 is 2.73 bits per heavy atom. The van der Waals surface area contributed by atoms with Crippen molar-refractivity contribution in [3.05, 3.63) is 30.1 Å². The van der Waals surface area contributed by atoms with Crippen molar-refractivity contribution in [2.45, 2.75) is 45.2 Å². The predicted octanol–water partition coefficient (Wildman–Crippen LogP) is 3.07. The van der Waals surface area contributed by atoms with Gasteiger partial charge in [-0.15, -0.1) is 24.8 Å². The van der Waals surface area contributed by atoms with Crippen molar-refractivity contribution in [3.8, 4) is 0 Å². The molecule has 2 aliphatic rings. The highest BCUT2D eigenvalue weighted by molar-refractivity contribution is 5.85. The lowest BCUT2D eigenvalue weighted by molar-refractivity contribution is -0.127. The predicted molar refractivity (Wildman–Crippen MR) is 109 cm³/mol. The first-order chi connectivity index (χ1) is 11.6. The second-order valence-electron chi connectivity index (χ2n) is 7.38. The Morgan fingerprint density at radius 2 is 2.00 bits per heavy atom. The molecular formula is C19H28Cl2N4O. The summed E-state index contributed by atoms with van der Waals surface area (Å²) in [6.07, 6.45) is 4.45. The van der Waals surface area contributed by atoms with Gasteiger partial charge in [0.1, 0.15) is 5.82 Å². The maximum absolute atomic E-state index is 12.5. The number of aromatic nitrogens is 2. The van der Waals surface area contributed by atoms with E-state index in [2.05, 4.69) is 20.9 Å². The number of nitrogens with zero attached hydrogens (tertiary/aromatic N) is 2. The number of nitrogens with one attached hydrogen (secondary N) is 1. The van der Waals surface area contributed by atoms with Crippen LogP contribution in [0, 0.1) is 24.7 Å². The molecule has 7 heteroatoms. The molecule has 1 aromatic heterocycles. The van der Waals surface area contributed by atoms with Gasteiger partial charge in [0.15, 0.2) is 0 Å². The summed E-state index contributed by atoms with van der Waals surface area (Å²) >= 11 is 0. The van der Waals surface area contributed by atoms with E-state index < -0.39 is 0 Å². The van der Waals surface area contributed by atoms with Gasteiger partial charge in [0.2, 0.25) is 5.91 Å². The first-order valence-electron chi connectivity index (χ1n) is 9.10. The molecule has 1 aromatic carbocycles. The van der Waals surface area contributed by atoms with Gasteiger partial charge in [-0.05, 0) is 56.6 Å². The van der Waals surface area contributed by atoms with Gasteiger partial charge in [0, 0.05) is 19.1 Å². The highest BCUT2D eigenvalue weighted by atomic mass is 35.5. The number of hydrogen-bond acceptors (Lipinski definition) is 3. The van der Waals surface area contributed by atoms with Crippen molar-refractivity contribution < 1.29 is 4.79 Å². The van der Waals surface area contributed by atoms with E-state index in [0.717, 1.165) is 36.2 Å². The number of nitrogens with two attached hydrogens (primary N) is 1. The molecule has 4 rings (SSSR count). The molecule has 4 unspecified atom stereocenters. The maximum atomic E-state index is 12.5. The van der Waals surface area contributed by atoms with Crippen LogP contribution in [-0.4, -0.2) is 28.0 Å². The number of fused-ring (bicyclic) bond motifs is 3. The highest BCUT2D eigenvalue weighted by Gasteiger charge is 2.48. The first kappa shape index (κ1) is 21.0. The van der Waals surface area contributed by atoms with E-state index in [-0.39, 0.29) is 42.7 Å². The van der Waals surface area contributed by atoms with E-state index in [4.69, 9.17) is 5.73 Å². The first-order valence-corrected chi connectivity index (χ1v) is 9.10. The van der Waals surface area contributed by atoms with Gasteiger partial charge in [0.25, 0.3) is 0 Å². The molecule has 0 radical (unpaired) electrons. The van der Waals surface area contributed by atoms with Gasteiger partial charge < -0.3 is 15.6 Å². The third-order valence-corrected chi connectivity index (χ3v) is 5.99. The lowest BCUT2D eigenvalue weighted by Gasteiger charge is -2.27. The molecule has 3 N–H and O–H groups in total. The Balaban J connectivity index is 0.00000121. The van der Waals surface area contributed by atoms with Crippen LogP contribution in [0.2, 0.25) is 0 Å². The number of carbonyl (C=O) groups excluding carboxylic acids is 1. The maximum Gasteiger partial charge on any atom is 0.224 e. The summed E-state index contributed by atoms with van der Waals surface area (Å²) in [6.45, 7) is 3.60. The van der Waals surface area contributed by atoms with Crippen molar-refractivity contribution in [1.82, 2.24) is 14.9 Å². The van der Waals surface area contributed by atoms with Gasteiger partial charge in [-0.2, -0.15) is 0 Å². The van der Waals surface area contributed by atoms with Crippen molar-refractivity contribution in [3.63, 3.8) is 0 Å². The molecule has 144 valence electrons. The molecular weight excluding hydrogens is 371 g/mol. The van der Waals surface area contributed by atoms with E-state index >= 15 is 0 Å². The largest absolute Gasteiger partial charge is 0.356 e. The average Bonchev–Trinajstić information content (AvgIpc) is 3.24. The molecule has 2 fully saturated rings. The van der Waals surface area contributed by atoms with E-state index in [1.165, 1.54) is 12.8 Å². The van der Waals surface area contributed by atoms with Crippen LogP contribution >= 0.6 is 24.8 Å². The fraction of sp³-hybridized carbons (Fsp3) is 0.579. The number of benzene rings is 1. The molecule has 0 spiro atoms. The smallest absolute Gasteiger partial charge is 0.224 e. The number of hydrogen-bond donors (Lipinski definition) is 2. The minimum atomic E-state index is 0. The summed E-state index contributed by atoms with van der Waals surface area (Å²) in [4.78, 5) is 17.1. The number of aryl methyl sites for hydroxylation is 2. The van der Waals surface area contributed by atoms with Crippen LogP contribution in [0.25, 0.3) is 11.0 Å². The van der Waals surface area contributed by atoms with Gasteiger partial charge in [0.05, 0.1) is 17.0 Å². The van der Waals surface area contributed by atoms with E-state index in [1.54, 1.807) is 0 Å². The Hall–Kier alpha value is -1.30.